The van der Waals surface area contributed by atoms with E-state index in [0.29, 0.717) is 0 Å². The summed E-state index contributed by atoms with van der Waals surface area (Å²) in [6, 6.07) is 3.75. The van der Waals surface area contributed by atoms with Gasteiger partial charge in [0.2, 0.25) is 0 Å². The van der Waals surface area contributed by atoms with Gasteiger partial charge in [-0.25, -0.2) is 4.79 Å². The molecule has 0 saturated heterocycles. The van der Waals surface area contributed by atoms with E-state index in [0.717, 1.165) is 25.3 Å². The van der Waals surface area contributed by atoms with Gasteiger partial charge < -0.3 is 10.5 Å². The Hall–Kier alpha value is -2.11. The van der Waals surface area contributed by atoms with Crippen LogP contribution in [0, 0.1) is 10.1 Å². The summed E-state index contributed by atoms with van der Waals surface area (Å²) >= 11 is 0. The Morgan fingerprint density at radius 1 is 1.47 bits per heavy atom. The van der Waals surface area contributed by atoms with E-state index in [-0.39, 0.29) is 23.0 Å². The van der Waals surface area contributed by atoms with Crippen LogP contribution < -0.4 is 5.73 Å². The van der Waals surface area contributed by atoms with Crippen molar-refractivity contribution in [3.63, 3.8) is 0 Å². The fourth-order valence-electron chi connectivity index (χ4n) is 1.54. The average Bonchev–Trinajstić information content (AvgIpc) is 2.23. The lowest BCUT2D eigenvalue weighted by molar-refractivity contribution is -0.384. The topological polar surface area (TPSA) is 95.5 Å². The summed E-state index contributed by atoms with van der Waals surface area (Å²) < 4.78 is 5.15. The Labute approximate surface area is 97.5 Å². The minimum absolute atomic E-state index is 0.0612. The van der Waals surface area contributed by atoms with Gasteiger partial charge in [-0.1, -0.05) is 0 Å². The molecule has 1 aromatic rings. The monoisotopic (exact) mass is 236 g/mol. The molecule has 0 aromatic heterocycles. The summed E-state index contributed by atoms with van der Waals surface area (Å²) in [7, 11) is 0. The van der Waals surface area contributed by atoms with Crippen molar-refractivity contribution in [2.75, 3.05) is 5.73 Å². The third kappa shape index (κ3) is 2.35. The first-order chi connectivity index (χ1) is 8.08. The first-order valence-corrected chi connectivity index (χ1v) is 5.33. The highest BCUT2D eigenvalue weighted by atomic mass is 16.6. The number of nitro groups is 1. The highest BCUT2D eigenvalue weighted by molar-refractivity contribution is 5.96. The van der Waals surface area contributed by atoms with Gasteiger partial charge in [-0.05, 0) is 25.3 Å². The van der Waals surface area contributed by atoms with Crippen molar-refractivity contribution in [1.82, 2.24) is 0 Å². The van der Waals surface area contributed by atoms with Crippen LogP contribution in [0.25, 0.3) is 0 Å². The summed E-state index contributed by atoms with van der Waals surface area (Å²) in [6.07, 6.45) is 2.67. The van der Waals surface area contributed by atoms with Gasteiger partial charge in [0.25, 0.3) is 5.69 Å². The molecule has 6 nitrogen and oxygen atoms in total. The molecule has 0 spiro atoms. The van der Waals surface area contributed by atoms with Gasteiger partial charge in [0.05, 0.1) is 10.5 Å². The van der Waals surface area contributed by atoms with Gasteiger partial charge in [0.1, 0.15) is 6.10 Å². The van der Waals surface area contributed by atoms with Crippen molar-refractivity contribution in [3.05, 3.63) is 33.9 Å². The molecule has 90 valence electrons. The number of hydrogen-bond donors (Lipinski definition) is 1. The maximum Gasteiger partial charge on any atom is 0.340 e. The molecule has 1 aromatic carbocycles. The molecule has 0 unspecified atom stereocenters. The molecule has 0 atom stereocenters. The molecule has 1 fully saturated rings. The van der Waals surface area contributed by atoms with Crippen molar-refractivity contribution >= 4 is 17.3 Å². The predicted octanol–water partition coefficient (Wildman–Crippen LogP) is 1.89. The number of carbonyl (C=O) groups excluding carboxylic acids is 1. The zero-order valence-electron chi connectivity index (χ0n) is 9.09. The van der Waals surface area contributed by atoms with Crippen molar-refractivity contribution in [1.29, 1.82) is 0 Å². The molecular formula is C11H12N2O4. The molecule has 1 saturated carbocycles. The Balaban J connectivity index is 2.20. The van der Waals surface area contributed by atoms with Crippen LogP contribution in [0.4, 0.5) is 11.4 Å². The number of non-ortho nitro benzene ring substituents is 1. The van der Waals surface area contributed by atoms with E-state index < -0.39 is 10.9 Å². The van der Waals surface area contributed by atoms with E-state index >= 15 is 0 Å². The maximum absolute atomic E-state index is 11.7. The normalized spacial score (nSPS) is 15.1. The Bertz CT molecular complexity index is 469. The highest BCUT2D eigenvalue weighted by Crippen LogP contribution is 2.26. The van der Waals surface area contributed by atoms with Crippen LogP contribution in [-0.4, -0.2) is 17.0 Å². The van der Waals surface area contributed by atoms with Gasteiger partial charge in [-0.3, -0.25) is 10.1 Å². The van der Waals surface area contributed by atoms with Crippen LogP contribution in [0.5, 0.6) is 0 Å². The van der Waals surface area contributed by atoms with Crippen LogP contribution in [0.15, 0.2) is 18.2 Å². The maximum atomic E-state index is 11.7. The van der Waals surface area contributed by atoms with E-state index in [9.17, 15) is 14.9 Å². The second-order valence-electron chi connectivity index (χ2n) is 3.99. The Morgan fingerprint density at radius 2 is 2.18 bits per heavy atom. The predicted molar refractivity (Wildman–Crippen MR) is 60.6 cm³/mol. The molecule has 1 aliphatic carbocycles. The van der Waals surface area contributed by atoms with Crippen LogP contribution in [0.2, 0.25) is 0 Å². The lowest BCUT2D eigenvalue weighted by atomic mass is 9.96. The molecule has 6 heteroatoms. The van der Waals surface area contributed by atoms with E-state index in [1.54, 1.807) is 0 Å². The zero-order chi connectivity index (χ0) is 12.4. The molecule has 0 aliphatic heterocycles. The molecule has 0 amide bonds. The lowest BCUT2D eigenvalue weighted by Crippen LogP contribution is -2.25. The molecule has 0 heterocycles. The third-order valence-corrected chi connectivity index (χ3v) is 2.79. The molecule has 1 aliphatic rings. The first kappa shape index (κ1) is 11.4. The van der Waals surface area contributed by atoms with E-state index in [4.69, 9.17) is 10.5 Å². The number of nitrogens with two attached hydrogens (primary N) is 1. The van der Waals surface area contributed by atoms with Crippen molar-refractivity contribution in [2.45, 2.75) is 25.4 Å². The third-order valence-electron chi connectivity index (χ3n) is 2.79. The number of rotatable bonds is 3. The van der Waals surface area contributed by atoms with Gasteiger partial charge in [-0.2, -0.15) is 0 Å². The second-order valence-corrected chi connectivity index (χ2v) is 3.99. The number of nitrogens with zero attached hydrogens (tertiary/aromatic N) is 1. The van der Waals surface area contributed by atoms with Gasteiger partial charge in [-0.15, -0.1) is 0 Å². The quantitative estimate of drug-likeness (QED) is 0.374. The van der Waals surface area contributed by atoms with Gasteiger partial charge in [0, 0.05) is 17.8 Å². The Morgan fingerprint density at radius 3 is 2.71 bits per heavy atom. The SMILES string of the molecule is Nc1ccc([N+](=O)[O-])cc1C(=O)OC1CCC1. The summed E-state index contributed by atoms with van der Waals surface area (Å²) in [5.74, 6) is -0.587. The summed E-state index contributed by atoms with van der Waals surface area (Å²) in [4.78, 5) is 21.7. The van der Waals surface area contributed by atoms with Crippen LogP contribution in [0.1, 0.15) is 29.6 Å². The number of carbonyl (C=O) groups is 1. The van der Waals surface area contributed by atoms with Crippen molar-refractivity contribution in [2.24, 2.45) is 0 Å². The molecule has 2 N–H and O–H groups in total. The van der Waals surface area contributed by atoms with Gasteiger partial charge in [0.15, 0.2) is 0 Å². The van der Waals surface area contributed by atoms with E-state index in [1.165, 1.54) is 12.1 Å². The number of nitro benzene ring substituents is 1. The standard InChI is InChI=1S/C11H12N2O4/c12-10-5-4-7(13(15)16)6-9(10)11(14)17-8-2-1-3-8/h4-6,8H,1-3,12H2. The molecule has 2 rings (SSSR count). The number of hydrogen-bond acceptors (Lipinski definition) is 5. The van der Waals surface area contributed by atoms with Crippen molar-refractivity contribution < 1.29 is 14.5 Å². The van der Waals surface area contributed by atoms with E-state index in [2.05, 4.69) is 0 Å². The minimum Gasteiger partial charge on any atom is -0.459 e. The summed E-state index contributed by atoms with van der Waals surface area (Å²) in [5, 5.41) is 10.6. The number of ether oxygens (including phenoxy) is 1. The number of benzene rings is 1. The van der Waals surface area contributed by atoms with E-state index in [1.807, 2.05) is 0 Å². The lowest BCUT2D eigenvalue weighted by Gasteiger charge is -2.25. The molecule has 0 radical (unpaired) electrons. The minimum atomic E-state index is -0.587. The molecule has 17 heavy (non-hydrogen) atoms. The van der Waals surface area contributed by atoms with Crippen LogP contribution >= 0.6 is 0 Å². The Kier molecular flexibility index (Phi) is 2.95. The van der Waals surface area contributed by atoms with Gasteiger partial charge >= 0.3 is 5.97 Å². The molecular weight excluding hydrogens is 224 g/mol. The number of anilines is 1. The number of nitrogen functional groups attached to an aromatic ring is 1. The smallest absolute Gasteiger partial charge is 0.340 e. The fourth-order valence-corrected chi connectivity index (χ4v) is 1.54. The summed E-state index contributed by atoms with van der Waals surface area (Å²) in [5.41, 5.74) is 5.69. The first-order valence-electron chi connectivity index (χ1n) is 5.33. The molecule has 0 bridgehead atoms. The second kappa shape index (κ2) is 4.40. The highest BCUT2D eigenvalue weighted by Gasteiger charge is 2.24. The van der Waals surface area contributed by atoms with Crippen LogP contribution in [0.3, 0.4) is 0 Å². The summed E-state index contributed by atoms with van der Waals surface area (Å²) in [6.45, 7) is 0. The van der Waals surface area contributed by atoms with Crippen molar-refractivity contribution in [3.8, 4) is 0 Å². The zero-order valence-corrected chi connectivity index (χ0v) is 9.09. The number of esters is 1. The fraction of sp³-hybridized carbons (Fsp3) is 0.364. The largest absolute Gasteiger partial charge is 0.459 e. The average molecular weight is 236 g/mol. The van der Waals surface area contributed by atoms with Crippen LogP contribution in [-0.2, 0) is 4.74 Å².